The van der Waals surface area contributed by atoms with Crippen LogP contribution in [-0.4, -0.2) is 36.4 Å². The van der Waals surface area contributed by atoms with E-state index in [2.05, 4.69) is 32.4 Å². The topological polar surface area (TPSA) is 76.2 Å². The molecule has 0 aliphatic carbocycles. The van der Waals surface area contributed by atoms with E-state index in [1.165, 1.54) is 18.2 Å². The molecule has 0 atom stereocenters. The highest BCUT2D eigenvalue weighted by atomic mass is 16.6. The molecule has 0 radical (unpaired) electrons. The fraction of sp³-hybridized carbons (Fsp3) is 0.474. The molecule has 0 unspecified atom stereocenters. The smallest absolute Gasteiger partial charge is 0.343 e. The van der Waals surface area contributed by atoms with Crippen molar-refractivity contribution in [2.45, 2.75) is 40.2 Å². The molecular weight excluding hydrogens is 318 g/mol. The molecule has 0 saturated carbocycles. The maximum Gasteiger partial charge on any atom is 0.343 e. The van der Waals surface area contributed by atoms with Gasteiger partial charge in [-0.3, -0.25) is 5.10 Å². The Morgan fingerprint density at radius 1 is 1.24 bits per heavy atom. The van der Waals surface area contributed by atoms with Gasteiger partial charge in [-0.15, -0.1) is 0 Å². The van der Waals surface area contributed by atoms with Gasteiger partial charge in [0.1, 0.15) is 5.75 Å². The van der Waals surface area contributed by atoms with Gasteiger partial charge in [0.25, 0.3) is 0 Å². The number of methoxy groups -OCH3 is 1. The van der Waals surface area contributed by atoms with Crippen LogP contribution in [0.2, 0.25) is 0 Å². The lowest BCUT2D eigenvalue weighted by Crippen LogP contribution is -2.16. The molecule has 0 fully saturated rings. The molecule has 0 saturated heterocycles. The van der Waals surface area contributed by atoms with Crippen molar-refractivity contribution in [3.63, 3.8) is 0 Å². The Morgan fingerprint density at radius 2 is 1.96 bits per heavy atom. The lowest BCUT2D eigenvalue weighted by atomic mass is 10.1. The first-order valence-corrected chi connectivity index (χ1v) is 8.50. The maximum absolute atomic E-state index is 11.2. The third-order valence-electron chi connectivity index (χ3n) is 4.15. The van der Waals surface area contributed by atoms with Crippen molar-refractivity contribution in [1.82, 2.24) is 15.5 Å². The number of H-pyrrole nitrogens is 1. The third-order valence-corrected chi connectivity index (χ3v) is 4.15. The molecule has 1 aromatic heterocycles. The number of rotatable bonds is 9. The Morgan fingerprint density at radius 3 is 2.56 bits per heavy atom. The van der Waals surface area contributed by atoms with Gasteiger partial charge >= 0.3 is 5.97 Å². The molecule has 6 heteroatoms. The molecule has 0 aliphatic rings. The van der Waals surface area contributed by atoms with Gasteiger partial charge in [0.05, 0.1) is 13.3 Å². The second-order valence-electron chi connectivity index (χ2n) is 6.22. The molecule has 2 aromatic rings. The Balaban J connectivity index is 1.80. The minimum absolute atomic E-state index is 0.0663. The summed E-state index contributed by atoms with van der Waals surface area (Å²) >= 11 is 0. The molecule has 1 heterocycles. The van der Waals surface area contributed by atoms with Crippen molar-refractivity contribution in [2.75, 3.05) is 20.3 Å². The standard InChI is InChI=1S/C19H27N3O3/c1-13-8-16(9-14(2)19(13)25-12-18(23)24-4)10-20-7-5-6-17-11-21-22-15(17)3/h8-9,11,20H,5-7,10,12H2,1-4H3,(H,21,22). The molecule has 25 heavy (non-hydrogen) atoms. The number of esters is 1. The van der Waals surface area contributed by atoms with E-state index in [0.29, 0.717) is 0 Å². The summed E-state index contributed by atoms with van der Waals surface area (Å²) in [5.74, 6) is 0.377. The molecule has 2 rings (SSSR count). The fourth-order valence-electron chi connectivity index (χ4n) is 2.82. The minimum atomic E-state index is -0.377. The number of nitrogens with one attached hydrogen (secondary N) is 2. The van der Waals surface area contributed by atoms with Gasteiger partial charge in [0.15, 0.2) is 6.61 Å². The lowest BCUT2D eigenvalue weighted by Gasteiger charge is -2.14. The van der Waals surface area contributed by atoms with Crippen LogP contribution in [0.3, 0.4) is 0 Å². The van der Waals surface area contributed by atoms with Gasteiger partial charge in [0.2, 0.25) is 0 Å². The zero-order chi connectivity index (χ0) is 18.2. The Bertz CT molecular complexity index is 687. The van der Waals surface area contributed by atoms with E-state index in [4.69, 9.17) is 4.74 Å². The molecule has 0 amide bonds. The fourth-order valence-corrected chi connectivity index (χ4v) is 2.82. The van der Waals surface area contributed by atoms with Gasteiger partial charge in [-0.2, -0.15) is 5.10 Å². The van der Waals surface area contributed by atoms with E-state index in [1.54, 1.807) is 0 Å². The largest absolute Gasteiger partial charge is 0.481 e. The van der Waals surface area contributed by atoms with Crippen molar-refractivity contribution in [3.8, 4) is 5.75 Å². The lowest BCUT2D eigenvalue weighted by molar-refractivity contribution is -0.142. The van der Waals surface area contributed by atoms with Crippen LogP contribution in [0.5, 0.6) is 5.75 Å². The van der Waals surface area contributed by atoms with Gasteiger partial charge in [-0.05, 0) is 62.4 Å². The van der Waals surface area contributed by atoms with Crippen molar-refractivity contribution < 1.29 is 14.3 Å². The van der Waals surface area contributed by atoms with Gasteiger partial charge < -0.3 is 14.8 Å². The zero-order valence-corrected chi connectivity index (χ0v) is 15.4. The predicted octanol–water partition coefficient (Wildman–Crippen LogP) is 2.61. The molecule has 2 N–H and O–H groups in total. The number of aromatic amines is 1. The quantitative estimate of drug-likeness (QED) is 0.540. The average molecular weight is 345 g/mol. The summed E-state index contributed by atoms with van der Waals surface area (Å²) in [7, 11) is 1.36. The van der Waals surface area contributed by atoms with Gasteiger partial charge in [0, 0.05) is 12.2 Å². The number of hydrogen-bond donors (Lipinski definition) is 2. The van der Waals surface area contributed by atoms with Crippen LogP contribution < -0.4 is 10.1 Å². The second kappa shape index (κ2) is 9.22. The van der Waals surface area contributed by atoms with Crippen LogP contribution in [0.25, 0.3) is 0 Å². The van der Waals surface area contributed by atoms with E-state index in [-0.39, 0.29) is 12.6 Å². The van der Waals surface area contributed by atoms with Crippen LogP contribution in [0.1, 0.15) is 34.4 Å². The normalized spacial score (nSPS) is 10.7. The predicted molar refractivity (Wildman–Crippen MR) is 96.8 cm³/mol. The molecule has 0 aliphatic heterocycles. The number of aryl methyl sites for hydroxylation is 4. The van der Waals surface area contributed by atoms with E-state index in [0.717, 1.165) is 48.5 Å². The third kappa shape index (κ3) is 5.60. The van der Waals surface area contributed by atoms with Crippen molar-refractivity contribution in [1.29, 1.82) is 0 Å². The van der Waals surface area contributed by atoms with Crippen LogP contribution in [0.4, 0.5) is 0 Å². The number of benzene rings is 1. The minimum Gasteiger partial charge on any atom is -0.481 e. The van der Waals surface area contributed by atoms with E-state index < -0.39 is 0 Å². The number of nitrogens with zero attached hydrogens (tertiary/aromatic N) is 1. The van der Waals surface area contributed by atoms with E-state index in [9.17, 15) is 4.79 Å². The van der Waals surface area contributed by atoms with Crippen LogP contribution >= 0.6 is 0 Å². The number of ether oxygens (including phenoxy) is 2. The van der Waals surface area contributed by atoms with Crippen LogP contribution in [0, 0.1) is 20.8 Å². The first-order chi connectivity index (χ1) is 12.0. The molecular formula is C19H27N3O3. The van der Waals surface area contributed by atoms with Crippen LogP contribution in [-0.2, 0) is 22.5 Å². The second-order valence-corrected chi connectivity index (χ2v) is 6.22. The number of aromatic nitrogens is 2. The Hall–Kier alpha value is -2.34. The molecule has 1 aromatic carbocycles. The van der Waals surface area contributed by atoms with Crippen molar-refractivity contribution in [2.24, 2.45) is 0 Å². The van der Waals surface area contributed by atoms with Crippen molar-refractivity contribution >= 4 is 5.97 Å². The highest BCUT2D eigenvalue weighted by Gasteiger charge is 2.09. The molecule has 6 nitrogen and oxygen atoms in total. The maximum atomic E-state index is 11.2. The first kappa shape index (κ1) is 19.0. The Kier molecular flexibility index (Phi) is 7.01. The summed E-state index contributed by atoms with van der Waals surface area (Å²) in [6, 6.07) is 4.18. The van der Waals surface area contributed by atoms with E-state index >= 15 is 0 Å². The van der Waals surface area contributed by atoms with Gasteiger partial charge in [-0.1, -0.05) is 12.1 Å². The summed E-state index contributed by atoms with van der Waals surface area (Å²) in [6.45, 7) is 7.72. The summed E-state index contributed by atoms with van der Waals surface area (Å²) in [6.07, 6.45) is 3.99. The Labute approximate surface area is 148 Å². The summed E-state index contributed by atoms with van der Waals surface area (Å²) < 4.78 is 10.2. The molecule has 0 spiro atoms. The highest BCUT2D eigenvalue weighted by molar-refractivity contribution is 5.71. The summed E-state index contributed by atoms with van der Waals surface area (Å²) in [5.41, 5.74) is 5.68. The highest BCUT2D eigenvalue weighted by Crippen LogP contribution is 2.24. The van der Waals surface area contributed by atoms with E-state index in [1.807, 2.05) is 27.0 Å². The number of carbonyl (C=O) groups is 1. The zero-order valence-electron chi connectivity index (χ0n) is 15.4. The van der Waals surface area contributed by atoms with Crippen LogP contribution in [0.15, 0.2) is 18.3 Å². The van der Waals surface area contributed by atoms with Gasteiger partial charge in [-0.25, -0.2) is 4.79 Å². The number of carbonyl (C=O) groups excluding carboxylic acids is 1. The number of hydrogen-bond acceptors (Lipinski definition) is 5. The molecule has 0 bridgehead atoms. The first-order valence-electron chi connectivity index (χ1n) is 8.50. The van der Waals surface area contributed by atoms with Crippen molar-refractivity contribution in [3.05, 3.63) is 46.3 Å². The average Bonchev–Trinajstić information content (AvgIpc) is 2.98. The summed E-state index contributed by atoms with van der Waals surface area (Å²) in [4.78, 5) is 11.2. The summed E-state index contributed by atoms with van der Waals surface area (Å²) in [5, 5.41) is 10.5. The SMILES string of the molecule is COC(=O)COc1c(C)cc(CNCCCc2cn[nH]c2C)cc1C. The molecule has 136 valence electrons. The monoisotopic (exact) mass is 345 g/mol.